The van der Waals surface area contributed by atoms with Crippen molar-refractivity contribution in [2.24, 2.45) is 0 Å². The standard InChI is InChI=1S/C19H17F2N3O5/c1-23(9-12-3-5-15(6-4-12)29-19(20)21)16(25)11-24-10-14(18(27)28-2)7-13(8-22)17(24)26/h3-7,10,19H,9,11H2,1-2H3. The first-order valence-electron chi connectivity index (χ1n) is 8.25. The molecule has 8 nitrogen and oxygen atoms in total. The van der Waals surface area contributed by atoms with Crippen LogP contribution in [0.2, 0.25) is 0 Å². The van der Waals surface area contributed by atoms with Gasteiger partial charge in [-0.25, -0.2) is 4.79 Å². The summed E-state index contributed by atoms with van der Waals surface area (Å²) in [6.45, 7) is -3.19. The molecule has 2 rings (SSSR count). The lowest BCUT2D eigenvalue weighted by atomic mass is 10.2. The van der Waals surface area contributed by atoms with E-state index in [0.717, 1.165) is 23.9 Å². The van der Waals surface area contributed by atoms with E-state index in [1.807, 2.05) is 0 Å². The van der Waals surface area contributed by atoms with E-state index in [0.29, 0.717) is 5.56 Å². The molecule has 0 aliphatic heterocycles. The molecule has 2 aromatic rings. The van der Waals surface area contributed by atoms with Crippen molar-refractivity contribution < 1.29 is 27.8 Å². The number of rotatable bonds is 7. The number of carbonyl (C=O) groups excluding carboxylic acids is 2. The molecule has 0 radical (unpaired) electrons. The van der Waals surface area contributed by atoms with Gasteiger partial charge in [0.25, 0.3) is 5.56 Å². The summed E-state index contributed by atoms with van der Waals surface area (Å²) in [5.74, 6) is -1.22. The van der Waals surface area contributed by atoms with Gasteiger partial charge in [0.1, 0.15) is 23.9 Å². The number of nitrogens with zero attached hydrogens (tertiary/aromatic N) is 3. The van der Waals surface area contributed by atoms with E-state index in [1.165, 1.54) is 36.2 Å². The topological polar surface area (TPSA) is 102 Å². The van der Waals surface area contributed by atoms with Gasteiger partial charge < -0.3 is 18.9 Å². The molecule has 0 spiro atoms. The Morgan fingerprint density at radius 3 is 2.48 bits per heavy atom. The first-order chi connectivity index (χ1) is 13.7. The summed E-state index contributed by atoms with van der Waals surface area (Å²) >= 11 is 0. The molecule has 1 heterocycles. The average Bonchev–Trinajstić information content (AvgIpc) is 2.69. The monoisotopic (exact) mass is 405 g/mol. The lowest BCUT2D eigenvalue weighted by Crippen LogP contribution is -2.34. The number of ether oxygens (including phenoxy) is 2. The smallest absolute Gasteiger partial charge is 0.387 e. The quantitative estimate of drug-likeness (QED) is 0.651. The molecule has 0 fully saturated rings. The van der Waals surface area contributed by atoms with Crippen LogP contribution in [0.3, 0.4) is 0 Å². The SMILES string of the molecule is COC(=O)c1cc(C#N)c(=O)n(CC(=O)N(C)Cc2ccc(OC(F)F)cc2)c1. The van der Waals surface area contributed by atoms with Crippen LogP contribution in [0.25, 0.3) is 0 Å². The third-order valence-electron chi connectivity index (χ3n) is 3.93. The van der Waals surface area contributed by atoms with Gasteiger partial charge in [0.05, 0.1) is 12.7 Å². The number of likely N-dealkylation sites (N-methyl/N-ethyl adjacent to an activating group) is 1. The Balaban J connectivity index is 2.14. The minimum atomic E-state index is -2.93. The highest BCUT2D eigenvalue weighted by molar-refractivity contribution is 5.89. The van der Waals surface area contributed by atoms with Crippen molar-refractivity contribution in [3.63, 3.8) is 0 Å². The highest BCUT2D eigenvalue weighted by Crippen LogP contribution is 2.16. The fourth-order valence-electron chi connectivity index (χ4n) is 2.47. The first kappa shape index (κ1) is 21.6. The summed E-state index contributed by atoms with van der Waals surface area (Å²) in [6, 6.07) is 8.54. The van der Waals surface area contributed by atoms with E-state index < -0.39 is 30.6 Å². The third-order valence-corrected chi connectivity index (χ3v) is 3.93. The summed E-state index contributed by atoms with van der Waals surface area (Å²) in [5, 5.41) is 9.07. The number of benzene rings is 1. The van der Waals surface area contributed by atoms with Gasteiger partial charge in [-0.2, -0.15) is 14.0 Å². The lowest BCUT2D eigenvalue weighted by molar-refractivity contribution is -0.131. The molecular weight excluding hydrogens is 388 g/mol. The molecule has 10 heteroatoms. The van der Waals surface area contributed by atoms with Crippen LogP contribution in [-0.4, -0.2) is 42.1 Å². The predicted octanol–water partition coefficient (Wildman–Crippen LogP) is 1.77. The number of amides is 1. The van der Waals surface area contributed by atoms with Gasteiger partial charge >= 0.3 is 12.6 Å². The molecule has 1 aromatic carbocycles. The Hall–Kier alpha value is -3.74. The number of pyridine rings is 1. The fraction of sp³-hybridized carbons (Fsp3) is 0.263. The highest BCUT2D eigenvalue weighted by Gasteiger charge is 2.16. The summed E-state index contributed by atoms with van der Waals surface area (Å²) in [6.07, 6.45) is 1.15. The van der Waals surface area contributed by atoms with Crippen LogP contribution >= 0.6 is 0 Å². The maximum atomic E-state index is 12.5. The van der Waals surface area contributed by atoms with Crippen LogP contribution in [0.1, 0.15) is 21.5 Å². The maximum Gasteiger partial charge on any atom is 0.387 e. The largest absolute Gasteiger partial charge is 0.465 e. The second-order valence-electron chi connectivity index (χ2n) is 5.95. The van der Waals surface area contributed by atoms with Gasteiger partial charge in [-0.3, -0.25) is 9.59 Å². The van der Waals surface area contributed by atoms with Gasteiger partial charge in [-0.1, -0.05) is 12.1 Å². The average molecular weight is 405 g/mol. The Morgan fingerprint density at radius 1 is 1.28 bits per heavy atom. The van der Waals surface area contributed by atoms with Crippen molar-refractivity contribution in [1.29, 1.82) is 5.26 Å². The van der Waals surface area contributed by atoms with E-state index in [1.54, 1.807) is 6.07 Å². The molecule has 0 unspecified atom stereocenters. The first-order valence-corrected chi connectivity index (χ1v) is 8.25. The molecule has 0 bridgehead atoms. The predicted molar refractivity (Wildman–Crippen MR) is 96.3 cm³/mol. The zero-order chi connectivity index (χ0) is 21.6. The second kappa shape index (κ2) is 9.45. The van der Waals surface area contributed by atoms with Crippen molar-refractivity contribution in [2.45, 2.75) is 19.7 Å². The fourth-order valence-corrected chi connectivity index (χ4v) is 2.47. The molecule has 0 N–H and O–H groups in total. The van der Waals surface area contributed by atoms with Gasteiger partial charge in [0.15, 0.2) is 0 Å². The highest BCUT2D eigenvalue weighted by atomic mass is 19.3. The number of carbonyl (C=O) groups is 2. The molecule has 1 aromatic heterocycles. The summed E-state index contributed by atoms with van der Waals surface area (Å²) < 4.78 is 34.2. The van der Waals surface area contributed by atoms with Gasteiger partial charge in [-0.15, -0.1) is 0 Å². The minimum Gasteiger partial charge on any atom is -0.465 e. The number of aromatic nitrogens is 1. The van der Waals surface area contributed by atoms with Crippen molar-refractivity contribution in [3.05, 3.63) is 63.6 Å². The van der Waals surface area contributed by atoms with E-state index in [-0.39, 0.29) is 23.4 Å². The molecule has 1 amide bonds. The Morgan fingerprint density at radius 2 is 1.93 bits per heavy atom. The van der Waals surface area contributed by atoms with Crippen molar-refractivity contribution in [3.8, 4) is 11.8 Å². The third kappa shape index (κ3) is 5.62. The van der Waals surface area contributed by atoms with Gasteiger partial charge in [0, 0.05) is 19.8 Å². The van der Waals surface area contributed by atoms with Crippen LogP contribution < -0.4 is 10.3 Å². The van der Waals surface area contributed by atoms with Crippen molar-refractivity contribution >= 4 is 11.9 Å². The Kier molecular flexibility index (Phi) is 7.03. The normalized spacial score (nSPS) is 10.3. The number of esters is 1. The van der Waals surface area contributed by atoms with Crippen LogP contribution in [0, 0.1) is 11.3 Å². The maximum absolute atomic E-state index is 12.5. The van der Waals surface area contributed by atoms with Gasteiger partial charge in [0.2, 0.25) is 5.91 Å². The minimum absolute atomic E-state index is 0.00654. The number of hydrogen-bond donors (Lipinski definition) is 0. The van der Waals surface area contributed by atoms with E-state index in [2.05, 4.69) is 9.47 Å². The Bertz CT molecular complexity index is 996. The zero-order valence-corrected chi connectivity index (χ0v) is 15.6. The lowest BCUT2D eigenvalue weighted by Gasteiger charge is -2.18. The molecule has 0 saturated carbocycles. The molecule has 29 heavy (non-hydrogen) atoms. The summed E-state index contributed by atoms with van der Waals surface area (Å²) in [7, 11) is 2.65. The number of hydrogen-bond acceptors (Lipinski definition) is 6. The summed E-state index contributed by atoms with van der Waals surface area (Å²) in [4.78, 5) is 37.7. The Labute approximate surface area is 164 Å². The van der Waals surface area contributed by atoms with E-state index >= 15 is 0 Å². The zero-order valence-electron chi connectivity index (χ0n) is 15.6. The van der Waals surface area contributed by atoms with E-state index in [9.17, 15) is 23.2 Å². The molecule has 0 saturated heterocycles. The number of alkyl halides is 2. The molecule has 0 aliphatic carbocycles. The molecular formula is C19H17F2N3O5. The molecule has 152 valence electrons. The number of halogens is 2. The van der Waals surface area contributed by atoms with Crippen molar-refractivity contribution in [1.82, 2.24) is 9.47 Å². The number of methoxy groups -OCH3 is 1. The van der Waals surface area contributed by atoms with Crippen LogP contribution in [0.5, 0.6) is 5.75 Å². The second-order valence-corrected chi connectivity index (χ2v) is 5.95. The molecule has 0 atom stereocenters. The molecule has 0 aliphatic rings. The van der Waals surface area contributed by atoms with Crippen LogP contribution in [0.4, 0.5) is 8.78 Å². The van der Waals surface area contributed by atoms with Crippen LogP contribution in [-0.2, 0) is 22.6 Å². The van der Waals surface area contributed by atoms with Crippen molar-refractivity contribution in [2.75, 3.05) is 14.2 Å². The van der Waals surface area contributed by atoms with E-state index in [4.69, 9.17) is 5.26 Å². The summed E-state index contributed by atoms with van der Waals surface area (Å²) in [5.41, 5.74) is -0.391. The van der Waals surface area contributed by atoms with Crippen LogP contribution in [0.15, 0.2) is 41.3 Å². The van der Waals surface area contributed by atoms with Gasteiger partial charge in [-0.05, 0) is 23.8 Å². The number of nitriles is 1.